The Labute approximate surface area is 117 Å². The molecule has 0 aromatic heterocycles. The van der Waals surface area contributed by atoms with E-state index in [0.717, 1.165) is 21.9 Å². The molecule has 0 radical (unpaired) electrons. The third-order valence-corrected chi connectivity index (χ3v) is 5.56. The van der Waals surface area contributed by atoms with Gasteiger partial charge in [-0.15, -0.1) is 0 Å². The van der Waals surface area contributed by atoms with E-state index in [2.05, 4.69) is 22.0 Å². The quantitative estimate of drug-likeness (QED) is 0.898. The van der Waals surface area contributed by atoms with Crippen LogP contribution in [0.5, 0.6) is 0 Å². The number of aliphatic hydroxyl groups is 1. The van der Waals surface area contributed by atoms with Crippen molar-refractivity contribution in [3.8, 4) is 0 Å². The molecule has 2 fully saturated rings. The Morgan fingerprint density at radius 1 is 1.28 bits per heavy atom. The van der Waals surface area contributed by atoms with Crippen molar-refractivity contribution in [2.24, 2.45) is 23.5 Å². The molecule has 0 aliphatic heterocycles. The Kier molecular flexibility index (Phi) is 3.48. The molecule has 2 aliphatic carbocycles. The lowest BCUT2D eigenvalue weighted by Gasteiger charge is -2.24. The van der Waals surface area contributed by atoms with E-state index in [4.69, 9.17) is 5.73 Å². The van der Waals surface area contributed by atoms with Crippen LogP contribution in [0.1, 0.15) is 30.7 Å². The van der Waals surface area contributed by atoms with Crippen molar-refractivity contribution >= 4 is 15.9 Å². The van der Waals surface area contributed by atoms with Gasteiger partial charge < -0.3 is 10.8 Å². The number of hydrogen-bond acceptors (Lipinski definition) is 2. The summed E-state index contributed by atoms with van der Waals surface area (Å²) in [6.07, 6.45) is 3.68. The molecule has 1 aromatic carbocycles. The highest BCUT2D eigenvalue weighted by Crippen LogP contribution is 2.60. The van der Waals surface area contributed by atoms with Crippen molar-refractivity contribution in [3.05, 3.63) is 34.3 Å². The molecule has 2 aliphatic rings. The molecule has 98 valence electrons. The molecule has 0 bridgehead atoms. The number of rotatable bonds is 4. The van der Waals surface area contributed by atoms with Crippen LogP contribution in [0.4, 0.5) is 0 Å². The predicted octanol–water partition coefficient (Wildman–Crippen LogP) is 2.90. The normalized spacial score (nSPS) is 32.9. The van der Waals surface area contributed by atoms with Crippen molar-refractivity contribution in [1.82, 2.24) is 0 Å². The highest BCUT2D eigenvalue weighted by Gasteiger charge is 2.56. The van der Waals surface area contributed by atoms with E-state index in [-0.39, 0.29) is 12.0 Å². The highest BCUT2D eigenvalue weighted by molar-refractivity contribution is 9.10. The maximum atomic E-state index is 10.6. The molecule has 0 amide bonds. The minimum atomic E-state index is -0.274. The molecular formula is C15H20BrNO. The zero-order valence-electron chi connectivity index (χ0n) is 10.4. The Balaban J connectivity index is 1.78. The second-order valence-corrected chi connectivity index (χ2v) is 6.54. The molecule has 1 aromatic rings. The lowest BCUT2D eigenvalue weighted by molar-refractivity contribution is 0.108. The number of hydrogen-bond donors (Lipinski definition) is 2. The summed E-state index contributed by atoms with van der Waals surface area (Å²) in [6.45, 7) is 0.514. The van der Waals surface area contributed by atoms with Crippen LogP contribution in [0.3, 0.4) is 0 Å². The van der Waals surface area contributed by atoms with Gasteiger partial charge >= 0.3 is 0 Å². The maximum absolute atomic E-state index is 10.6. The van der Waals surface area contributed by atoms with Crippen LogP contribution in [0.15, 0.2) is 28.7 Å². The largest absolute Gasteiger partial charge is 0.392 e. The predicted molar refractivity (Wildman–Crippen MR) is 76.3 cm³/mol. The number of benzene rings is 1. The Hall–Kier alpha value is -0.380. The second kappa shape index (κ2) is 4.95. The van der Waals surface area contributed by atoms with Crippen LogP contribution in [-0.2, 0) is 0 Å². The monoisotopic (exact) mass is 309 g/mol. The van der Waals surface area contributed by atoms with Gasteiger partial charge in [-0.05, 0) is 42.2 Å². The van der Waals surface area contributed by atoms with E-state index in [1.165, 1.54) is 19.3 Å². The van der Waals surface area contributed by atoms with Crippen molar-refractivity contribution in [2.75, 3.05) is 6.54 Å². The van der Waals surface area contributed by atoms with Gasteiger partial charge in [-0.3, -0.25) is 0 Å². The Morgan fingerprint density at radius 3 is 2.56 bits per heavy atom. The summed E-state index contributed by atoms with van der Waals surface area (Å²) >= 11 is 3.57. The fourth-order valence-corrected chi connectivity index (χ4v) is 4.46. The fraction of sp³-hybridized carbons (Fsp3) is 0.600. The standard InChI is InChI=1S/C15H20BrNO/c16-13-7-2-1-4-9(13)12(8-17)15(18)14-10-5-3-6-11(10)14/h1-2,4,7,10-12,14-15,18H,3,5-6,8,17H2. The van der Waals surface area contributed by atoms with Crippen LogP contribution in [0, 0.1) is 17.8 Å². The molecule has 2 saturated carbocycles. The van der Waals surface area contributed by atoms with Crippen molar-refractivity contribution in [1.29, 1.82) is 0 Å². The van der Waals surface area contributed by atoms with Crippen LogP contribution in [0.25, 0.3) is 0 Å². The lowest BCUT2D eigenvalue weighted by atomic mass is 9.88. The molecular weight excluding hydrogens is 290 g/mol. The molecule has 4 atom stereocenters. The summed E-state index contributed by atoms with van der Waals surface area (Å²) in [5.74, 6) is 2.11. The van der Waals surface area contributed by atoms with Crippen molar-refractivity contribution < 1.29 is 5.11 Å². The summed E-state index contributed by atoms with van der Waals surface area (Å²) < 4.78 is 1.06. The van der Waals surface area contributed by atoms with Gasteiger partial charge in [0, 0.05) is 16.9 Å². The van der Waals surface area contributed by atoms with E-state index in [9.17, 15) is 5.11 Å². The topological polar surface area (TPSA) is 46.2 Å². The molecule has 0 spiro atoms. The third-order valence-electron chi connectivity index (χ3n) is 4.84. The molecule has 3 rings (SSSR count). The summed E-state index contributed by atoms with van der Waals surface area (Å²) in [6, 6.07) is 8.12. The highest BCUT2D eigenvalue weighted by atomic mass is 79.9. The van der Waals surface area contributed by atoms with Gasteiger partial charge in [-0.25, -0.2) is 0 Å². The molecule has 0 heterocycles. The molecule has 4 unspecified atom stereocenters. The summed E-state index contributed by atoms with van der Waals surface area (Å²) in [4.78, 5) is 0. The molecule has 3 N–H and O–H groups in total. The van der Waals surface area contributed by atoms with Crippen LogP contribution in [-0.4, -0.2) is 17.8 Å². The van der Waals surface area contributed by atoms with Gasteiger partial charge in [0.15, 0.2) is 0 Å². The number of halogens is 1. The van der Waals surface area contributed by atoms with Gasteiger partial charge in [0.05, 0.1) is 6.10 Å². The van der Waals surface area contributed by atoms with Gasteiger partial charge in [0.25, 0.3) is 0 Å². The van der Waals surface area contributed by atoms with E-state index in [1.54, 1.807) is 0 Å². The Morgan fingerprint density at radius 2 is 1.94 bits per heavy atom. The van der Waals surface area contributed by atoms with Crippen LogP contribution in [0.2, 0.25) is 0 Å². The minimum absolute atomic E-state index is 0.0659. The SMILES string of the molecule is NCC(c1ccccc1Br)C(O)C1C2CCCC21. The molecule has 0 saturated heterocycles. The minimum Gasteiger partial charge on any atom is -0.392 e. The smallest absolute Gasteiger partial charge is 0.0654 e. The van der Waals surface area contributed by atoms with Gasteiger partial charge in [-0.2, -0.15) is 0 Å². The van der Waals surface area contributed by atoms with Crippen molar-refractivity contribution in [3.63, 3.8) is 0 Å². The summed E-state index contributed by atoms with van der Waals surface area (Å²) in [7, 11) is 0. The number of fused-ring (bicyclic) bond motifs is 1. The zero-order chi connectivity index (χ0) is 12.7. The summed E-state index contributed by atoms with van der Waals surface area (Å²) in [5, 5.41) is 10.6. The molecule has 3 heteroatoms. The van der Waals surface area contributed by atoms with Crippen LogP contribution >= 0.6 is 15.9 Å². The molecule has 18 heavy (non-hydrogen) atoms. The van der Waals surface area contributed by atoms with E-state index in [1.807, 2.05) is 18.2 Å². The van der Waals surface area contributed by atoms with E-state index < -0.39 is 0 Å². The van der Waals surface area contributed by atoms with Gasteiger partial charge in [0.1, 0.15) is 0 Å². The van der Waals surface area contributed by atoms with Gasteiger partial charge in [-0.1, -0.05) is 40.5 Å². The van der Waals surface area contributed by atoms with Crippen molar-refractivity contribution in [2.45, 2.75) is 31.3 Å². The van der Waals surface area contributed by atoms with Crippen LogP contribution < -0.4 is 5.73 Å². The number of aliphatic hydroxyl groups excluding tert-OH is 1. The van der Waals surface area contributed by atoms with E-state index in [0.29, 0.717) is 12.5 Å². The fourth-order valence-electron chi connectivity index (χ4n) is 3.88. The van der Waals surface area contributed by atoms with E-state index >= 15 is 0 Å². The Bertz CT molecular complexity index is 426. The second-order valence-electron chi connectivity index (χ2n) is 5.69. The number of nitrogens with two attached hydrogens (primary N) is 1. The zero-order valence-corrected chi connectivity index (χ0v) is 12.0. The lowest BCUT2D eigenvalue weighted by Crippen LogP contribution is -2.29. The maximum Gasteiger partial charge on any atom is 0.0654 e. The summed E-state index contributed by atoms with van der Waals surface area (Å²) in [5.41, 5.74) is 7.06. The first kappa shape index (κ1) is 12.6. The first-order valence-corrected chi connectivity index (χ1v) is 7.66. The average molecular weight is 310 g/mol. The average Bonchev–Trinajstić information content (AvgIpc) is 2.86. The molecule has 2 nitrogen and oxygen atoms in total. The first-order chi connectivity index (χ1) is 8.74. The first-order valence-electron chi connectivity index (χ1n) is 6.86. The van der Waals surface area contributed by atoms with Gasteiger partial charge in [0.2, 0.25) is 0 Å². The third kappa shape index (κ3) is 2.02.